The molecule has 2 aliphatic rings. The highest BCUT2D eigenvalue weighted by molar-refractivity contribution is 8.20. The summed E-state index contributed by atoms with van der Waals surface area (Å²) in [5.41, 5.74) is 2.80. The van der Waals surface area contributed by atoms with Gasteiger partial charge in [0.1, 0.15) is 0 Å². The molecule has 1 aliphatic carbocycles. The maximum Gasteiger partial charge on any atom is 0.161 e. The van der Waals surface area contributed by atoms with Gasteiger partial charge in [0.05, 0.1) is 18.3 Å². The molecule has 0 aromatic heterocycles. The van der Waals surface area contributed by atoms with Gasteiger partial charge in [0, 0.05) is 9.79 Å². The van der Waals surface area contributed by atoms with Crippen LogP contribution in [0.5, 0.6) is 11.5 Å². The standard InChI is InChI=1S/C18H18O2S2/c1-19-14-10-12-6-5-9-18(13(12)11-15(14)20-2)21-16-7-3-4-8-17(16)22-18/h3-4,7-8,10-11H,5-6,9H2,1-2H3. The summed E-state index contributed by atoms with van der Waals surface area (Å²) < 4.78 is 11.1. The lowest BCUT2D eigenvalue weighted by molar-refractivity contribution is 0.353. The Bertz CT molecular complexity index is 702. The Balaban J connectivity index is 1.83. The molecule has 1 heterocycles. The predicted octanol–water partition coefficient (Wildman–Crippen LogP) is 5.09. The molecule has 0 unspecified atom stereocenters. The minimum atomic E-state index is 0.0941. The van der Waals surface area contributed by atoms with Crippen LogP contribution in [0.25, 0.3) is 0 Å². The van der Waals surface area contributed by atoms with Crippen LogP contribution < -0.4 is 9.47 Å². The van der Waals surface area contributed by atoms with Crippen molar-refractivity contribution < 1.29 is 9.47 Å². The zero-order valence-corrected chi connectivity index (χ0v) is 14.4. The highest BCUT2D eigenvalue weighted by Crippen LogP contribution is 2.65. The fraction of sp³-hybridized carbons (Fsp3) is 0.333. The molecule has 0 fully saturated rings. The molecule has 0 saturated carbocycles. The zero-order chi connectivity index (χ0) is 15.2. The number of methoxy groups -OCH3 is 2. The van der Waals surface area contributed by atoms with Crippen molar-refractivity contribution in [3.8, 4) is 11.5 Å². The first-order valence-electron chi connectivity index (χ1n) is 7.48. The third-order valence-electron chi connectivity index (χ3n) is 4.37. The van der Waals surface area contributed by atoms with E-state index in [1.54, 1.807) is 14.2 Å². The zero-order valence-electron chi connectivity index (χ0n) is 12.7. The van der Waals surface area contributed by atoms with Crippen LogP contribution in [0.4, 0.5) is 0 Å². The van der Waals surface area contributed by atoms with Gasteiger partial charge in [0.2, 0.25) is 0 Å². The van der Waals surface area contributed by atoms with E-state index in [0.717, 1.165) is 17.9 Å². The molecule has 4 heteroatoms. The van der Waals surface area contributed by atoms with Crippen molar-refractivity contribution in [2.45, 2.75) is 33.1 Å². The maximum absolute atomic E-state index is 5.54. The molecule has 2 aromatic rings. The van der Waals surface area contributed by atoms with Crippen LogP contribution in [-0.2, 0) is 10.5 Å². The Morgan fingerprint density at radius 1 is 0.955 bits per heavy atom. The van der Waals surface area contributed by atoms with Gasteiger partial charge in [-0.1, -0.05) is 12.1 Å². The lowest BCUT2D eigenvalue weighted by Crippen LogP contribution is -2.22. The van der Waals surface area contributed by atoms with Crippen LogP contribution in [0.15, 0.2) is 46.2 Å². The lowest BCUT2D eigenvalue weighted by atomic mass is 9.90. The summed E-state index contributed by atoms with van der Waals surface area (Å²) in [6.07, 6.45) is 3.53. The largest absolute Gasteiger partial charge is 0.493 e. The Morgan fingerprint density at radius 3 is 2.23 bits per heavy atom. The molecule has 4 rings (SSSR count). The summed E-state index contributed by atoms with van der Waals surface area (Å²) in [4.78, 5) is 2.80. The molecule has 0 amide bonds. The number of thioether (sulfide) groups is 2. The van der Waals surface area contributed by atoms with E-state index in [1.165, 1.54) is 33.8 Å². The van der Waals surface area contributed by atoms with Gasteiger partial charge < -0.3 is 9.47 Å². The van der Waals surface area contributed by atoms with Crippen LogP contribution in [0.1, 0.15) is 24.0 Å². The van der Waals surface area contributed by atoms with Gasteiger partial charge in [-0.15, -0.1) is 23.5 Å². The Kier molecular flexibility index (Phi) is 3.54. The number of hydrogen-bond donors (Lipinski definition) is 0. The van der Waals surface area contributed by atoms with Crippen LogP contribution >= 0.6 is 23.5 Å². The first kappa shape index (κ1) is 14.3. The van der Waals surface area contributed by atoms with Crippen molar-refractivity contribution in [2.75, 3.05) is 14.2 Å². The van der Waals surface area contributed by atoms with E-state index in [4.69, 9.17) is 9.47 Å². The lowest BCUT2D eigenvalue weighted by Gasteiger charge is -2.34. The van der Waals surface area contributed by atoms with Crippen molar-refractivity contribution in [3.05, 3.63) is 47.5 Å². The van der Waals surface area contributed by atoms with Crippen molar-refractivity contribution >= 4 is 23.5 Å². The topological polar surface area (TPSA) is 18.5 Å². The molecule has 0 radical (unpaired) electrons. The molecule has 0 atom stereocenters. The molecule has 22 heavy (non-hydrogen) atoms. The van der Waals surface area contributed by atoms with E-state index in [0.29, 0.717) is 0 Å². The predicted molar refractivity (Wildman–Crippen MR) is 92.3 cm³/mol. The number of rotatable bonds is 2. The van der Waals surface area contributed by atoms with Gasteiger partial charge in [0.15, 0.2) is 11.5 Å². The molecule has 0 bridgehead atoms. The van der Waals surface area contributed by atoms with Crippen molar-refractivity contribution in [2.24, 2.45) is 0 Å². The number of fused-ring (bicyclic) bond motifs is 3. The summed E-state index contributed by atoms with van der Waals surface area (Å²) in [6, 6.07) is 13.1. The monoisotopic (exact) mass is 330 g/mol. The Hall–Kier alpha value is -1.26. The average molecular weight is 330 g/mol. The average Bonchev–Trinajstić information content (AvgIpc) is 2.92. The van der Waals surface area contributed by atoms with E-state index < -0.39 is 0 Å². The van der Waals surface area contributed by atoms with Gasteiger partial charge in [-0.3, -0.25) is 0 Å². The van der Waals surface area contributed by atoms with E-state index in [-0.39, 0.29) is 4.08 Å². The van der Waals surface area contributed by atoms with Crippen molar-refractivity contribution in [1.82, 2.24) is 0 Å². The SMILES string of the molecule is COc1cc2c(cc1OC)C1(CCC2)Sc2ccccc2S1. The van der Waals surface area contributed by atoms with E-state index in [9.17, 15) is 0 Å². The van der Waals surface area contributed by atoms with Gasteiger partial charge in [-0.2, -0.15) is 0 Å². The fourth-order valence-corrected chi connectivity index (χ4v) is 6.72. The number of hydrogen-bond acceptors (Lipinski definition) is 4. The highest BCUT2D eigenvalue weighted by atomic mass is 32.2. The van der Waals surface area contributed by atoms with Crippen LogP contribution in [0.2, 0.25) is 0 Å². The molecule has 0 saturated heterocycles. The fourth-order valence-electron chi connectivity index (χ4n) is 3.34. The van der Waals surface area contributed by atoms with Crippen LogP contribution in [-0.4, -0.2) is 14.2 Å². The first-order chi connectivity index (χ1) is 10.8. The van der Waals surface area contributed by atoms with Crippen molar-refractivity contribution in [3.63, 3.8) is 0 Å². The second-order valence-corrected chi connectivity index (χ2v) is 8.56. The Morgan fingerprint density at radius 2 is 1.59 bits per heavy atom. The third-order valence-corrected chi connectivity index (χ3v) is 7.66. The maximum atomic E-state index is 5.54. The second-order valence-electron chi connectivity index (χ2n) is 5.62. The summed E-state index contributed by atoms with van der Waals surface area (Å²) in [5, 5.41) is 0. The summed E-state index contributed by atoms with van der Waals surface area (Å²) in [7, 11) is 3.42. The molecule has 2 aromatic carbocycles. The van der Waals surface area contributed by atoms with Crippen molar-refractivity contribution in [1.29, 1.82) is 0 Å². The minimum absolute atomic E-state index is 0.0941. The van der Waals surface area contributed by atoms with E-state index in [1.807, 2.05) is 23.5 Å². The highest BCUT2D eigenvalue weighted by Gasteiger charge is 2.44. The summed E-state index contributed by atoms with van der Waals surface area (Å²) in [6.45, 7) is 0. The second kappa shape index (κ2) is 5.43. The van der Waals surface area contributed by atoms with E-state index >= 15 is 0 Å². The number of benzene rings is 2. The number of aryl methyl sites for hydroxylation is 1. The molecule has 1 aliphatic heterocycles. The minimum Gasteiger partial charge on any atom is -0.493 e. The molecule has 1 spiro atoms. The van der Waals surface area contributed by atoms with Crippen LogP contribution in [0, 0.1) is 0 Å². The molecule has 0 N–H and O–H groups in total. The Labute approximate surface area is 139 Å². The molecule has 114 valence electrons. The molecular weight excluding hydrogens is 312 g/mol. The molecule has 2 nitrogen and oxygen atoms in total. The third kappa shape index (κ3) is 2.12. The van der Waals surface area contributed by atoms with Gasteiger partial charge in [0.25, 0.3) is 0 Å². The van der Waals surface area contributed by atoms with E-state index in [2.05, 4.69) is 36.4 Å². The summed E-state index contributed by atoms with van der Waals surface area (Å²) in [5.74, 6) is 1.67. The smallest absolute Gasteiger partial charge is 0.161 e. The van der Waals surface area contributed by atoms with Crippen LogP contribution in [0.3, 0.4) is 0 Å². The van der Waals surface area contributed by atoms with Gasteiger partial charge >= 0.3 is 0 Å². The molecular formula is C18H18O2S2. The number of ether oxygens (including phenoxy) is 2. The van der Waals surface area contributed by atoms with Gasteiger partial charge in [-0.25, -0.2) is 0 Å². The summed E-state index contributed by atoms with van der Waals surface area (Å²) >= 11 is 4.00. The normalized spacial score (nSPS) is 17.9. The quantitative estimate of drug-likeness (QED) is 0.763. The first-order valence-corrected chi connectivity index (χ1v) is 9.11. The van der Waals surface area contributed by atoms with Gasteiger partial charge in [-0.05, 0) is 54.7 Å².